The Bertz CT molecular complexity index is 599. The molecule has 0 aliphatic rings. The maximum Gasteiger partial charge on any atom is 0.319 e. The zero-order chi connectivity index (χ0) is 15.9. The van der Waals surface area contributed by atoms with Crippen LogP contribution in [0.1, 0.15) is 25.5 Å². The van der Waals surface area contributed by atoms with Crippen molar-refractivity contribution in [3.63, 3.8) is 0 Å². The van der Waals surface area contributed by atoms with E-state index in [2.05, 4.69) is 10.6 Å². The summed E-state index contributed by atoms with van der Waals surface area (Å²) in [6.07, 6.45) is -0.717. The molecule has 1 heterocycles. The minimum atomic E-state index is -0.788. The van der Waals surface area contributed by atoms with E-state index in [0.717, 1.165) is 5.69 Å². The van der Waals surface area contributed by atoms with Gasteiger partial charge in [-0.25, -0.2) is 4.79 Å². The highest BCUT2D eigenvalue weighted by molar-refractivity contribution is 7.08. The van der Waals surface area contributed by atoms with Crippen LogP contribution in [0.2, 0.25) is 0 Å². The smallest absolute Gasteiger partial charge is 0.319 e. The molecule has 0 fully saturated rings. The zero-order valence-corrected chi connectivity index (χ0v) is 13.4. The molecule has 2 amide bonds. The summed E-state index contributed by atoms with van der Waals surface area (Å²) in [5.41, 5.74) is 1.44. The second kappa shape index (κ2) is 7.82. The third-order valence-electron chi connectivity index (χ3n) is 2.85. The van der Waals surface area contributed by atoms with Gasteiger partial charge in [0.15, 0.2) is 0 Å². The number of carbonyl (C=O) groups is 1. The molecule has 0 saturated carbocycles. The van der Waals surface area contributed by atoms with Crippen molar-refractivity contribution in [2.24, 2.45) is 0 Å². The van der Waals surface area contributed by atoms with Crippen molar-refractivity contribution in [2.45, 2.75) is 26.1 Å². The molecule has 2 rings (SSSR count). The van der Waals surface area contributed by atoms with Crippen LogP contribution in [0, 0.1) is 0 Å². The van der Waals surface area contributed by atoms with E-state index in [1.54, 1.807) is 12.1 Å². The molecule has 0 spiro atoms. The molecule has 1 atom stereocenters. The fourth-order valence-electron chi connectivity index (χ4n) is 1.89. The van der Waals surface area contributed by atoms with E-state index < -0.39 is 6.10 Å². The van der Waals surface area contributed by atoms with Crippen molar-refractivity contribution in [2.75, 3.05) is 11.9 Å². The summed E-state index contributed by atoms with van der Waals surface area (Å²) in [5.74, 6) is 0.703. The quantitative estimate of drug-likeness (QED) is 0.764. The van der Waals surface area contributed by atoms with Gasteiger partial charge in [-0.15, -0.1) is 0 Å². The largest absolute Gasteiger partial charge is 0.491 e. The van der Waals surface area contributed by atoms with E-state index in [-0.39, 0.29) is 18.7 Å². The first-order chi connectivity index (χ1) is 10.5. The predicted octanol–water partition coefficient (Wildman–Crippen LogP) is 3.39. The molecule has 5 nitrogen and oxygen atoms in total. The van der Waals surface area contributed by atoms with E-state index >= 15 is 0 Å². The van der Waals surface area contributed by atoms with Crippen LogP contribution in [0.4, 0.5) is 10.5 Å². The van der Waals surface area contributed by atoms with Crippen LogP contribution < -0.4 is 15.4 Å². The van der Waals surface area contributed by atoms with Gasteiger partial charge in [0, 0.05) is 11.9 Å². The third kappa shape index (κ3) is 5.05. The molecule has 6 heteroatoms. The number of urea groups is 1. The van der Waals surface area contributed by atoms with Gasteiger partial charge in [-0.3, -0.25) is 0 Å². The molecule has 0 aliphatic heterocycles. The number of aliphatic hydroxyl groups excluding tert-OH is 1. The molecule has 2 aromatic rings. The lowest BCUT2D eigenvalue weighted by molar-refractivity contribution is 0.174. The maximum absolute atomic E-state index is 11.7. The van der Waals surface area contributed by atoms with Gasteiger partial charge in [0.2, 0.25) is 0 Å². The normalized spacial score (nSPS) is 12.0. The molecular weight excluding hydrogens is 300 g/mol. The lowest BCUT2D eigenvalue weighted by atomic mass is 10.1. The van der Waals surface area contributed by atoms with Gasteiger partial charge >= 0.3 is 6.03 Å². The first-order valence-electron chi connectivity index (χ1n) is 7.06. The molecule has 0 saturated heterocycles. The van der Waals surface area contributed by atoms with Crippen molar-refractivity contribution in [3.05, 3.63) is 46.7 Å². The Kier molecular flexibility index (Phi) is 5.80. The Balaban J connectivity index is 1.86. The number of nitrogens with one attached hydrogen (secondary N) is 2. The number of thiophene rings is 1. The summed E-state index contributed by atoms with van der Waals surface area (Å²) >= 11 is 1.50. The van der Waals surface area contributed by atoms with Crippen molar-refractivity contribution in [3.8, 4) is 5.75 Å². The second-order valence-electron chi connectivity index (χ2n) is 5.10. The van der Waals surface area contributed by atoms with Gasteiger partial charge in [0.1, 0.15) is 5.75 Å². The maximum atomic E-state index is 11.7. The lowest BCUT2D eigenvalue weighted by Crippen LogP contribution is -2.32. The molecule has 0 aliphatic carbocycles. The van der Waals surface area contributed by atoms with Gasteiger partial charge < -0.3 is 20.5 Å². The molecule has 1 unspecified atom stereocenters. The van der Waals surface area contributed by atoms with Crippen molar-refractivity contribution in [1.82, 2.24) is 5.32 Å². The first kappa shape index (κ1) is 16.3. The number of rotatable bonds is 6. The average Bonchev–Trinajstić information content (AvgIpc) is 2.97. The summed E-state index contributed by atoms with van der Waals surface area (Å²) in [4.78, 5) is 11.7. The molecule has 0 radical (unpaired) electrons. The monoisotopic (exact) mass is 320 g/mol. The van der Waals surface area contributed by atoms with Gasteiger partial charge in [-0.05, 0) is 43.0 Å². The van der Waals surface area contributed by atoms with Crippen molar-refractivity contribution >= 4 is 23.1 Å². The average molecular weight is 320 g/mol. The topological polar surface area (TPSA) is 70.6 Å². The number of aliphatic hydroxyl groups is 1. The number of anilines is 1. The lowest BCUT2D eigenvalue weighted by Gasteiger charge is -2.15. The number of ether oxygens (including phenoxy) is 1. The highest BCUT2D eigenvalue weighted by Gasteiger charge is 2.11. The van der Waals surface area contributed by atoms with E-state index in [1.165, 1.54) is 11.3 Å². The van der Waals surface area contributed by atoms with Crippen LogP contribution in [0.3, 0.4) is 0 Å². The number of benzene rings is 1. The van der Waals surface area contributed by atoms with Crippen LogP contribution in [-0.2, 0) is 0 Å². The van der Waals surface area contributed by atoms with Crippen LogP contribution in [-0.4, -0.2) is 23.8 Å². The molecule has 0 bridgehead atoms. The first-order valence-corrected chi connectivity index (χ1v) is 8.00. The number of amides is 2. The Hall–Kier alpha value is -2.05. The number of carbonyl (C=O) groups excluding carboxylic acids is 1. The molecule has 1 aromatic heterocycles. The standard InChI is InChI=1S/C16H20N2O3S/c1-11(2)21-14-5-3-4-12(8-14)15(19)9-17-16(20)18-13-6-7-22-10-13/h3-8,10-11,15,19H,9H2,1-2H3,(H2,17,18,20). The highest BCUT2D eigenvalue weighted by Crippen LogP contribution is 2.20. The number of hydrogen-bond donors (Lipinski definition) is 3. The van der Waals surface area contributed by atoms with Crippen LogP contribution in [0.25, 0.3) is 0 Å². The van der Waals surface area contributed by atoms with E-state index in [1.807, 2.05) is 42.8 Å². The molecule has 118 valence electrons. The summed E-state index contributed by atoms with van der Waals surface area (Å²) in [7, 11) is 0. The zero-order valence-electron chi connectivity index (χ0n) is 12.6. The second-order valence-corrected chi connectivity index (χ2v) is 5.88. The minimum Gasteiger partial charge on any atom is -0.491 e. The third-order valence-corrected chi connectivity index (χ3v) is 3.53. The summed E-state index contributed by atoms with van der Waals surface area (Å²) in [6.45, 7) is 4.01. The summed E-state index contributed by atoms with van der Waals surface area (Å²) in [6, 6.07) is 8.72. The van der Waals surface area contributed by atoms with Gasteiger partial charge in [0.25, 0.3) is 0 Å². The SMILES string of the molecule is CC(C)Oc1cccc(C(O)CNC(=O)Nc2ccsc2)c1. The fraction of sp³-hybridized carbons (Fsp3) is 0.312. The predicted molar refractivity (Wildman–Crippen MR) is 88.5 cm³/mol. The van der Waals surface area contributed by atoms with Crippen LogP contribution >= 0.6 is 11.3 Å². The summed E-state index contributed by atoms with van der Waals surface area (Å²) < 4.78 is 5.59. The molecule has 22 heavy (non-hydrogen) atoms. The molecule has 3 N–H and O–H groups in total. The number of hydrogen-bond acceptors (Lipinski definition) is 4. The Labute approximate surface area is 133 Å². The fourth-order valence-corrected chi connectivity index (χ4v) is 2.47. The Morgan fingerprint density at radius 3 is 2.86 bits per heavy atom. The minimum absolute atomic E-state index is 0.0712. The highest BCUT2D eigenvalue weighted by atomic mass is 32.1. The van der Waals surface area contributed by atoms with Gasteiger partial charge in [-0.1, -0.05) is 12.1 Å². The Morgan fingerprint density at radius 2 is 2.18 bits per heavy atom. The summed E-state index contributed by atoms with van der Waals surface area (Å²) in [5, 5.41) is 19.2. The van der Waals surface area contributed by atoms with E-state index in [4.69, 9.17) is 4.74 Å². The van der Waals surface area contributed by atoms with E-state index in [0.29, 0.717) is 11.3 Å². The molecule has 1 aromatic carbocycles. The molecular formula is C16H20N2O3S. The van der Waals surface area contributed by atoms with Crippen molar-refractivity contribution in [1.29, 1.82) is 0 Å². The van der Waals surface area contributed by atoms with Crippen molar-refractivity contribution < 1.29 is 14.6 Å². The van der Waals surface area contributed by atoms with E-state index in [9.17, 15) is 9.90 Å². The van der Waals surface area contributed by atoms with Gasteiger partial charge in [0.05, 0.1) is 17.9 Å². The van der Waals surface area contributed by atoms with Crippen LogP contribution in [0.5, 0.6) is 5.75 Å². The Morgan fingerprint density at radius 1 is 1.36 bits per heavy atom. The van der Waals surface area contributed by atoms with Crippen LogP contribution in [0.15, 0.2) is 41.1 Å². The van der Waals surface area contributed by atoms with Gasteiger partial charge in [-0.2, -0.15) is 11.3 Å².